The number of thiophene rings is 1. The minimum Gasteiger partial charge on any atom is -0.376 e. The van der Waals surface area contributed by atoms with E-state index in [4.69, 9.17) is 9.72 Å². The Bertz CT molecular complexity index is 1140. The second kappa shape index (κ2) is 8.21. The van der Waals surface area contributed by atoms with Crippen LogP contribution in [0.4, 0.5) is 5.69 Å². The Balaban J connectivity index is 1.87. The molecular weight excluding hydrogens is 412 g/mol. The second-order valence-corrected chi connectivity index (χ2v) is 8.96. The van der Waals surface area contributed by atoms with Gasteiger partial charge in [-0.05, 0) is 49.6 Å². The Hall–Kier alpha value is -2.30. The molecule has 0 saturated carbocycles. The van der Waals surface area contributed by atoms with E-state index in [1.165, 1.54) is 29.7 Å². The minimum absolute atomic E-state index is 0.0603. The fraction of sp³-hybridized carbons (Fsp3) is 0.421. The van der Waals surface area contributed by atoms with Crippen LogP contribution in [0.1, 0.15) is 30.2 Å². The van der Waals surface area contributed by atoms with Gasteiger partial charge < -0.3 is 4.74 Å². The standard InChI is InChI=1S/C19H20N4O4S2/c1-3-13-11(2)28-17-15(13)18(24)22(10-12-6-5-9-27-12)19(21-17)29-16-14(23(25)26)7-4-8-20-16/h4,7-8,12H,3,5-6,9-10H2,1-2H3/t12-/m1/s1. The van der Waals surface area contributed by atoms with Gasteiger partial charge in [0.05, 0.1) is 23.0 Å². The first-order valence-electron chi connectivity index (χ1n) is 9.41. The highest BCUT2D eigenvalue weighted by Gasteiger charge is 2.25. The van der Waals surface area contributed by atoms with Crippen LogP contribution >= 0.6 is 23.1 Å². The van der Waals surface area contributed by atoms with Crippen molar-refractivity contribution in [3.8, 4) is 0 Å². The van der Waals surface area contributed by atoms with Gasteiger partial charge in [0.2, 0.25) is 0 Å². The third-order valence-corrected chi connectivity index (χ3v) is 7.02. The molecule has 29 heavy (non-hydrogen) atoms. The molecule has 1 aliphatic heterocycles. The third-order valence-electron chi connectivity index (χ3n) is 4.98. The molecule has 0 aromatic carbocycles. The van der Waals surface area contributed by atoms with Gasteiger partial charge in [-0.15, -0.1) is 11.3 Å². The van der Waals surface area contributed by atoms with E-state index in [2.05, 4.69) is 4.98 Å². The van der Waals surface area contributed by atoms with E-state index in [9.17, 15) is 14.9 Å². The van der Waals surface area contributed by atoms with Gasteiger partial charge in [0.25, 0.3) is 5.56 Å². The first kappa shape index (κ1) is 20.0. The lowest BCUT2D eigenvalue weighted by Gasteiger charge is -2.15. The summed E-state index contributed by atoms with van der Waals surface area (Å²) in [6, 6.07) is 2.93. The summed E-state index contributed by atoms with van der Waals surface area (Å²) >= 11 is 2.54. The van der Waals surface area contributed by atoms with Gasteiger partial charge >= 0.3 is 5.69 Å². The molecule has 152 valence electrons. The smallest absolute Gasteiger partial charge is 0.301 e. The molecule has 1 atom stereocenters. The molecule has 1 saturated heterocycles. The molecule has 8 nitrogen and oxygen atoms in total. The molecule has 3 aromatic rings. The van der Waals surface area contributed by atoms with E-state index in [1.807, 2.05) is 13.8 Å². The van der Waals surface area contributed by atoms with Crippen molar-refractivity contribution in [2.24, 2.45) is 0 Å². The maximum atomic E-state index is 13.4. The highest BCUT2D eigenvalue weighted by molar-refractivity contribution is 7.99. The molecule has 1 aliphatic rings. The first-order valence-corrected chi connectivity index (χ1v) is 11.0. The summed E-state index contributed by atoms with van der Waals surface area (Å²) in [5.74, 6) is 0. The van der Waals surface area contributed by atoms with E-state index in [0.717, 1.165) is 41.5 Å². The van der Waals surface area contributed by atoms with Crippen LogP contribution in [0.3, 0.4) is 0 Å². The Kier molecular flexibility index (Phi) is 5.66. The number of fused-ring (bicyclic) bond motifs is 1. The van der Waals surface area contributed by atoms with Gasteiger partial charge in [0.1, 0.15) is 4.83 Å². The van der Waals surface area contributed by atoms with Crippen LogP contribution < -0.4 is 5.56 Å². The largest absolute Gasteiger partial charge is 0.376 e. The fourth-order valence-electron chi connectivity index (χ4n) is 3.57. The van der Waals surface area contributed by atoms with Crippen molar-refractivity contribution >= 4 is 39.0 Å². The molecular formula is C19H20N4O4S2. The molecule has 0 aliphatic carbocycles. The summed E-state index contributed by atoms with van der Waals surface area (Å²) < 4.78 is 7.34. The van der Waals surface area contributed by atoms with Crippen LogP contribution in [-0.4, -0.2) is 32.2 Å². The van der Waals surface area contributed by atoms with Crippen molar-refractivity contribution in [3.63, 3.8) is 0 Å². The van der Waals surface area contributed by atoms with Gasteiger partial charge in [0.15, 0.2) is 10.2 Å². The summed E-state index contributed by atoms with van der Waals surface area (Å²) in [4.78, 5) is 35.0. The van der Waals surface area contributed by atoms with Gasteiger partial charge in [-0.1, -0.05) is 6.92 Å². The van der Waals surface area contributed by atoms with Gasteiger partial charge in [-0.2, -0.15) is 0 Å². The molecule has 3 aromatic heterocycles. The lowest BCUT2D eigenvalue weighted by Crippen LogP contribution is -2.29. The second-order valence-electron chi connectivity index (χ2n) is 6.80. The van der Waals surface area contributed by atoms with E-state index < -0.39 is 4.92 Å². The number of ether oxygens (including phenoxy) is 1. The van der Waals surface area contributed by atoms with Gasteiger partial charge in [0, 0.05) is 23.7 Å². The zero-order valence-electron chi connectivity index (χ0n) is 16.1. The molecule has 0 spiro atoms. The molecule has 0 amide bonds. The maximum absolute atomic E-state index is 13.4. The Morgan fingerprint density at radius 1 is 1.48 bits per heavy atom. The summed E-state index contributed by atoms with van der Waals surface area (Å²) in [5.41, 5.74) is 0.795. The normalized spacial score (nSPS) is 16.6. The zero-order valence-corrected chi connectivity index (χ0v) is 17.7. The molecule has 0 radical (unpaired) electrons. The maximum Gasteiger partial charge on any atom is 0.301 e. The number of rotatable bonds is 6. The highest BCUT2D eigenvalue weighted by Crippen LogP contribution is 2.34. The quantitative estimate of drug-likeness (QED) is 0.330. The van der Waals surface area contributed by atoms with Crippen LogP contribution in [0.25, 0.3) is 10.2 Å². The summed E-state index contributed by atoms with van der Waals surface area (Å²) in [6.45, 7) is 5.08. The van der Waals surface area contributed by atoms with Crippen LogP contribution in [-0.2, 0) is 17.7 Å². The van der Waals surface area contributed by atoms with E-state index in [0.29, 0.717) is 28.5 Å². The van der Waals surface area contributed by atoms with Crippen molar-refractivity contribution in [1.82, 2.24) is 14.5 Å². The van der Waals surface area contributed by atoms with Crippen LogP contribution in [0.2, 0.25) is 0 Å². The van der Waals surface area contributed by atoms with Crippen LogP contribution in [0.15, 0.2) is 33.3 Å². The van der Waals surface area contributed by atoms with Crippen molar-refractivity contribution in [1.29, 1.82) is 0 Å². The first-order chi connectivity index (χ1) is 14.0. The number of aromatic nitrogens is 3. The van der Waals surface area contributed by atoms with Crippen molar-refractivity contribution in [3.05, 3.63) is 49.2 Å². The summed E-state index contributed by atoms with van der Waals surface area (Å²) in [7, 11) is 0. The number of hydrogen-bond acceptors (Lipinski definition) is 8. The van der Waals surface area contributed by atoms with Crippen LogP contribution in [0.5, 0.6) is 0 Å². The third kappa shape index (κ3) is 3.79. The minimum atomic E-state index is -0.471. The summed E-state index contributed by atoms with van der Waals surface area (Å²) in [5, 5.41) is 12.7. The molecule has 1 fully saturated rings. The van der Waals surface area contributed by atoms with E-state index >= 15 is 0 Å². The zero-order chi connectivity index (χ0) is 20.5. The number of nitro groups is 1. The Morgan fingerprint density at radius 2 is 2.31 bits per heavy atom. The lowest BCUT2D eigenvalue weighted by molar-refractivity contribution is -0.388. The molecule has 4 heterocycles. The Labute approximate surface area is 175 Å². The number of pyridine rings is 1. The topological polar surface area (TPSA) is 100 Å². The average molecular weight is 433 g/mol. The summed E-state index contributed by atoms with van der Waals surface area (Å²) in [6.07, 6.45) is 4.03. The monoisotopic (exact) mass is 432 g/mol. The number of hydrogen-bond donors (Lipinski definition) is 0. The predicted molar refractivity (Wildman–Crippen MR) is 112 cm³/mol. The highest BCUT2D eigenvalue weighted by atomic mass is 32.2. The SMILES string of the molecule is CCc1c(C)sc2nc(Sc3ncccc3[N+](=O)[O-])n(C[C@H]3CCCO3)c(=O)c12. The predicted octanol–water partition coefficient (Wildman–Crippen LogP) is 3.96. The van der Waals surface area contributed by atoms with Gasteiger partial charge in [-0.3, -0.25) is 19.5 Å². The van der Waals surface area contributed by atoms with Crippen molar-refractivity contribution in [2.45, 2.75) is 55.9 Å². The average Bonchev–Trinajstić information content (AvgIpc) is 3.32. The van der Waals surface area contributed by atoms with Crippen molar-refractivity contribution < 1.29 is 9.66 Å². The molecule has 4 rings (SSSR count). The van der Waals surface area contributed by atoms with Crippen LogP contribution in [0, 0.1) is 17.0 Å². The molecule has 10 heteroatoms. The lowest BCUT2D eigenvalue weighted by atomic mass is 10.1. The Morgan fingerprint density at radius 3 is 3.00 bits per heavy atom. The number of nitrogens with zero attached hydrogens (tertiary/aromatic N) is 4. The molecule has 0 unspecified atom stereocenters. The van der Waals surface area contributed by atoms with Crippen molar-refractivity contribution in [2.75, 3.05) is 6.61 Å². The van der Waals surface area contributed by atoms with Gasteiger partial charge in [-0.25, -0.2) is 9.97 Å². The molecule has 0 N–H and O–H groups in total. The molecule has 0 bridgehead atoms. The van der Waals surface area contributed by atoms with E-state index in [-0.39, 0.29) is 22.4 Å². The fourth-order valence-corrected chi connectivity index (χ4v) is 5.67. The van der Waals surface area contributed by atoms with E-state index in [1.54, 1.807) is 4.57 Å². The number of aryl methyl sites for hydroxylation is 2.